The lowest BCUT2D eigenvalue weighted by molar-refractivity contribution is 0.0699. The van der Waals surface area contributed by atoms with Crippen LogP contribution < -0.4 is 0 Å². The highest BCUT2D eigenvalue weighted by atomic mass is 79.9. The average molecular weight is 254 g/mol. The van der Waals surface area contributed by atoms with E-state index in [2.05, 4.69) is 20.9 Å². The molecule has 0 radical (unpaired) electrons. The van der Waals surface area contributed by atoms with Crippen LogP contribution in [-0.4, -0.2) is 16.1 Å². The van der Waals surface area contributed by atoms with Gasteiger partial charge in [-0.2, -0.15) is 0 Å². The largest absolute Gasteiger partial charge is 0.478 e. The molecule has 0 saturated heterocycles. The summed E-state index contributed by atoms with van der Waals surface area (Å²) in [6, 6.07) is 3.66. The topological polar surface area (TPSA) is 53.1 Å². The molecule has 0 bridgehead atoms. The molecule has 2 aromatic rings. The number of aromatic nitrogens is 1. The fourth-order valence-electron chi connectivity index (χ4n) is 1.50. The molecule has 1 heterocycles. The first-order valence-corrected chi connectivity index (χ1v) is 4.90. The van der Waals surface area contributed by atoms with E-state index in [-0.39, 0.29) is 0 Å². The maximum absolute atomic E-state index is 10.8. The van der Waals surface area contributed by atoms with Crippen LogP contribution in [-0.2, 0) is 0 Å². The first-order chi connectivity index (χ1) is 6.61. The number of hydrogen-bond donors (Lipinski definition) is 2. The predicted molar refractivity (Wildman–Crippen MR) is 57.7 cm³/mol. The molecule has 0 aliphatic heterocycles. The monoisotopic (exact) mass is 253 g/mol. The third-order valence-electron chi connectivity index (χ3n) is 2.28. The number of H-pyrrole nitrogens is 1. The second kappa shape index (κ2) is 3.13. The smallest absolute Gasteiger partial charge is 0.337 e. The fourth-order valence-corrected chi connectivity index (χ4v) is 1.83. The highest BCUT2D eigenvalue weighted by Gasteiger charge is 2.12. The van der Waals surface area contributed by atoms with E-state index < -0.39 is 5.97 Å². The van der Waals surface area contributed by atoms with Gasteiger partial charge in [0.25, 0.3) is 0 Å². The van der Waals surface area contributed by atoms with Crippen molar-refractivity contribution in [2.45, 2.75) is 6.92 Å². The number of nitrogens with one attached hydrogen (secondary N) is 1. The molecular formula is C10H8BrNO2. The van der Waals surface area contributed by atoms with Crippen LogP contribution in [0.15, 0.2) is 22.8 Å². The van der Waals surface area contributed by atoms with Crippen molar-refractivity contribution >= 4 is 32.8 Å². The number of benzene rings is 1. The lowest BCUT2D eigenvalue weighted by Crippen LogP contribution is -1.93. The Bertz CT molecular complexity index is 516. The normalized spacial score (nSPS) is 10.7. The van der Waals surface area contributed by atoms with Gasteiger partial charge in [-0.05, 0) is 18.6 Å². The Kier molecular flexibility index (Phi) is 2.07. The number of carboxylic acids is 1. The molecule has 14 heavy (non-hydrogen) atoms. The van der Waals surface area contributed by atoms with Crippen LogP contribution in [0.3, 0.4) is 0 Å². The SMILES string of the molecule is Cc1c(Br)ccc2c(C(=O)O)c[nH]c12. The molecule has 3 nitrogen and oxygen atoms in total. The quantitative estimate of drug-likeness (QED) is 0.821. The summed E-state index contributed by atoms with van der Waals surface area (Å²) >= 11 is 3.40. The van der Waals surface area contributed by atoms with Gasteiger partial charge in [-0.1, -0.05) is 22.0 Å². The van der Waals surface area contributed by atoms with Crippen LogP contribution >= 0.6 is 15.9 Å². The number of fused-ring (bicyclic) bond motifs is 1. The summed E-state index contributed by atoms with van der Waals surface area (Å²) in [6.07, 6.45) is 1.52. The van der Waals surface area contributed by atoms with E-state index in [1.54, 1.807) is 6.07 Å². The summed E-state index contributed by atoms with van der Waals surface area (Å²) < 4.78 is 0.976. The number of aromatic carboxylic acids is 1. The Morgan fingerprint density at radius 1 is 1.50 bits per heavy atom. The zero-order valence-corrected chi connectivity index (χ0v) is 9.05. The molecule has 0 aliphatic carbocycles. The average Bonchev–Trinajstić information content (AvgIpc) is 2.55. The second-order valence-corrected chi connectivity index (χ2v) is 3.96. The van der Waals surface area contributed by atoms with Gasteiger partial charge in [0.15, 0.2) is 0 Å². The van der Waals surface area contributed by atoms with Gasteiger partial charge in [0, 0.05) is 16.1 Å². The number of aromatic amines is 1. The molecular weight excluding hydrogens is 246 g/mol. The van der Waals surface area contributed by atoms with E-state index in [1.165, 1.54) is 6.20 Å². The fraction of sp³-hybridized carbons (Fsp3) is 0.100. The highest BCUT2D eigenvalue weighted by Crippen LogP contribution is 2.27. The van der Waals surface area contributed by atoms with Crippen LogP contribution in [0.5, 0.6) is 0 Å². The molecule has 0 saturated carbocycles. The molecule has 2 N–H and O–H groups in total. The third kappa shape index (κ3) is 1.23. The molecule has 0 amide bonds. The molecule has 0 aliphatic rings. The number of carbonyl (C=O) groups is 1. The molecule has 1 aromatic carbocycles. The highest BCUT2D eigenvalue weighted by molar-refractivity contribution is 9.10. The number of aryl methyl sites for hydroxylation is 1. The van der Waals surface area contributed by atoms with E-state index in [0.29, 0.717) is 5.56 Å². The zero-order chi connectivity index (χ0) is 10.3. The van der Waals surface area contributed by atoms with Crippen LogP contribution in [0, 0.1) is 6.92 Å². The standard InChI is InChI=1S/C10H8BrNO2/c1-5-8(11)3-2-6-7(10(13)14)4-12-9(5)6/h2-4,12H,1H3,(H,13,14). The Morgan fingerprint density at radius 3 is 2.86 bits per heavy atom. The van der Waals surface area contributed by atoms with Crippen molar-refractivity contribution in [3.63, 3.8) is 0 Å². The predicted octanol–water partition coefficient (Wildman–Crippen LogP) is 2.94. The van der Waals surface area contributed by atoms with Gasteiger partial charge in [0.05, 0.1) is 11.1 Å². The molecule has 0 spiro atoms. The summed E-state index contributed by atoms with van der Waals surface area (Å²) in [5, 5.41) is 9.65. The first kappa shape index (κ1) is 9.27. The van der Waals surface area contributed by atoms with Crippen molar-refractivity contribution in [1.82, 2.24) is 4.98 Å². The summed E-state index contributed by atoms with van der Waals surface area (Å²) in [4.78, 5) is 13.8. The molecule has 2 rings (SSSR count). The van der Waals surface area contributed by atoms with Gasteiger partial charge in [0.2, 0.25) is 0 Å². The maximum Gasteiger partial charge on any atom is 0.337 e. The second-order valence-electron chi connectivity index (χ2n) is 3.10. The van der Waals surface area contributed by atoms with E-state index in [4.69, 9.17) is 5.11 Å². The number of rotatable bonds is 1. The number of carboxylic acid groups (broad SMARTS) is 1. The van der Waals surface area contributed by atoms with Gasteiger partial charge in [-0.25, -0.2) is 4.79 Å². The molecule has 0 fully saturated rings. The van der Waals surface area contributed by atoms with E-state index >= 15 is 0 Å². The van der Waals surface area contributed by atoms with Gasteiger partial charge in [-0.15, -0.1) is 0 Å². The summed E-state index contributed by atoms with van der Waals surface area (Å²) in [7, 11) is 0. The van der Waals surface area contributed by atoms with Crippen molar-refractivity contribution in [3.8, 4) is 0 Å². The molecule has 72 valence electrons. The molecule has 4 heteroatoms. The van der Waals surface area contributed by atoms with Crippen LogP contribution in [0.2, 0.25) is 0 Å². The Labute approximate surface area is 88.9 Å². The molecule has 0 atom stereocenters. The van der Waals surface area contributed by atoms with Gasteiger partial charge in [0.1, 0.15) is 0 Å². The van der Waals surface area contributed by atoms with Crippen LogP contribution in [0.25, 0.3) is 10.9 Å². The van der Waals surface area contributed by atoms with Gasteiger partial charge < -0.3 is 10.1 Å². The van der Waals surface area contributed by atoms with E-state index in [0.717, 1.165) is 20.9 Å². The first-order valence-electron chi connectivity index (χ1n) is 4.10. The summed E-state index contributed by atoms with van der Waals surface area (Å²) in [6.45, 7) is 1.94. The van der Waals surface area contributed by atoms with Crippen molar-refractivity contribution < 1.29 is 9.90 Å². The van der Waals surface area contributed by atoms with E-state index in [1.807, 2.05) is 13.0 Å². The minimum absolute atomic E-state index is 0.315. The molecule has 0 unspecified atom stereocenters. The Hall–Kier alpha value is -1.29. The molecule has 1 aromatic heterocycles. The van der Waals surface area contributed by atoms with E-state index in [9.17, 15) is 4.79 Å². The zero-order valence-electron chi connectivity index (χ0n) is 7.47. The van der Waals surface area contributed by atoms with Crippen molar-refractivity contribution in [2.24, 2.45) is 0 Å². The lowest BCUT2D eigenvalue weighted by atomic mass is 10.1. The minimum atomic E-state index is -0.905. The third-order valence-corrected chi connectivity index (χ3v) is 3.14. The maximum atomic E-state index is 10.8. The van der Waals surface area contributed by atoms with Crippen molar-refractivity contribution in [1.29, 1.82) is 0 Å². The van der Waals surface area contributed by atoms with Crippen molar-refractivity contribution in [2.75, 3.05) is 0 Å². The lowest BCUT2D eigenvalue weighted by Gasteiger charge is -1.99. The Balaban J connectivity index is 2.83. The van der Waals surface area contributed by atoms with Gasteiger partial charge in [-0.3, -0.25) is 0 Å². The number of halogens is 1. The van der Waals surface area contributed by atoms with Crippen molar-refractivity contribution in [3.05, 3.63) is 33.9 Å². The van der Waals surface area contributed by atoms with Crippen LogP contribution in [0.4, 0.5) is 0 Å². The van der Waals surface area contributed by atoms with Gasteiger partial charge >= 0.3 is 5.97 Å². The summed E-state index contributed by atoms with van der Waals surface area (Å²) in [5.74, 6) is -0.905. The number of hydrogen-bond acceptors (Lipinski definition) is 1. The van der Waals surface area contributed by atoms with Crippen LogP contribution in [0.1, 0.15) is 15.9 Å². The minimum Gasteiger partial charge on any atom is -0.478 e. The Morgan fingerprint density at radius 2 is 2.21 bits per heavy atom. The summed E-state index contributed by atoms with van der Waals surface area (Å²) in [5.41, 5.74) is 2.21.